The molecule has 30 heavy (non-hydrogen) atoms. The van der Waals surface area contributed by atoms with Gasteiger partial charge < -0.3 is 15.5 Å². The highest BCUT2D eigenvalue weighted by atomic mass is 35.5. The number of nitrogens with two attached hydrogens (primary N) is 1. The van der Waals surface area contributed by atoms with E-state index in [9.17, 15) is 4.79 Å². The molecule has 0 unspecified atom stereocenters. The molecule has 3 aromatic heterocycles. The summed E-state index contributed by atoms with van der Waals surface area (Å²) in [6.45, 7) is 4.45. The second-order valence-electron chi connectivity index (χ2n) is 8.22. The number of fused-ring (bicyclic) bond motifs is 1. The van der Waals surface area contributed by atoms with Gasteiger partial charge in [-0.15, -0.1) is 0 Å². The van der Waals surface area contributed by atoms with Crippen molar-refractivity contribution in [3.63, 3.8) is 0 Å². The van der Waals surface area contributed by atoms with Gasteiger partial charge >= 0.3 is 0 Å². The minimum absolute atomic E-state index is 0.108. The molecule has 2 fully saturated rings. The van der Waals surface area contributed by atoms with Crippen molar-refractivity contribution < 1.29 is 4.79 Å². The van der Waals surface area contributed by atoms with Gasteiger partial charge in [0, 0.05) is 43.5 Å². The highest BCUT2D eigenvalue weighted by Crippen LogP contribution is 2.33. The number of rotatable bonds is 3. The van der Waals surface area contributed by atoms with Crippen LogP contribution in [0, 0.1) is 6.92 Å². The van der Waals surface area contributed by atoms with E-state index in [0.29, 0.717) is 12.1 Å². The van der Waals surface area contributed by atoms with Crippen LogP contribution in [-0.4, -0.2) is 61.3 Å². The van der Waals surface area contributed by atoms with E-state index in [1.807, 2.05) is 28.6 Å². The van der Waals surface area contributed by atoms with E-state index < -0.39 is 0 Å². The lowest BCUT2D eigenvalue weighted by Gasteiger charge is -2.34. The van der Waals surface area contributed by atoms with E-state index in [4.69, 9.17) is 27.4 Å². The van der Waals surface area contributed by atoms with Gasteiger partial charge in [-0.3, -0.25) is 9.89 Å². The highest BCUT2D eigenvalue weighted by Gasteiger charge is 2.32. The van der Waals surface area contributed by atoms with Crippen molar-refractivity contribution >= 4 is 29.0 Å². The number of hydrogen-bond acceptors (Lipinski definition) is 6. The zero-order valence-corrected chi connectivity index (χ0v) is 17.6. The van der Waals surface area contributed by atoms with Crippen LogP contribution in [0.4, 0.5) is 5.82 Å². The van der Waals surface area contributed by atoms with Gasteiger partial charge in [0.05, 0.1) is 23.5 Å². The van der Waals surface area contributed by atoms with Crippen molar-refractivity contribution in [2.24, 2.45) is 5.73 Å². The zero-order chi connectivity index (χ0) is 20.8. The van der Waals surface area contributed by atoms with Gasteiger partial charge in [-0.25, -0.2) is 9.50 Å². The molecule has 0 saturated carbocycles. The maximum Gasteiger partial charge on any atom is 0.259 e. The number of anilines is 1. The Morgan fingerprint density at radius 3 is 2.90 bits per heavy atom. The number of nitrogens with zero attached hydrogens (tertiary/aromatic N) is 6. The molecule has 3 aromatic rings. The molecule has 10 heteroatoms. The number of amides is 1. The third kappa shape index (κ3) is 3.31. The van der Waals surface area contributed by atoms with Crippen molar-refractivity contribution in [1.29, 1.82) is 0 Å². The maximum absolute atomic E-state index is 13.1. The largest absolute Gasteiger partial charge is 0.355 e. The Balaban J connectivity index is 1.48. The molecule has 3 N–H and O–H groups in total. The molecule has 0 aliphatic carbocycles. The standard InChI is InChI=1S/C20H25ClN8O/c1-12-10-29-17(24-19(12)27-7-5-13(22)11-27)8-15(26-29)16-4-2-3-6-28(16)20(30)14-9-23-25-18(14)21/h8-10,13,16H,2-7,11,22H2,1H3,(H,23,25)/t13-,16-/m0/s1. The number of carbonyl (C=O) groups is 1. The number of nitrogens with one attached hydrogen (secondary N) is 1. The minimum Gasteiger partial charge on any atom is -0.355 e. The second kappa shape index (κ2) is 7.55. The first-order chi connectivity index (χ1) is 14.5. The molecule has 9 nitrogen and oxygen atoms in total. The van der Waals surface area contributed by atoms with Crippen LogP contribution in [0.2, 0.25) is 5.15 Å². The Hall–Kier alpha value is -2.65. The molecule has 158 valence electrons. The Bertz CT molecular complexity index is 1090. The van der Waals surface area contributed by atoms with Gasteiger partial charge in [0.2, 0.25) is 0 Å². The lowest BCUT2D eigenvalue weighted by atomic mass is 9.98. The number of likely N-dealkylation sites (tertiary alicyclic amines) is 1. The number of piperidine rings is 1. The zero-order valence-electron chi connectivity index (χ0n) is 16.9. The fraction of sp³-hybridized carbons (Fsp3) is 0.500. The minimum atomic E-state index is -0.119. The smallest absolute Gasteiger partial charge is 0.259 e. The van der Waals surface area contributed by atoms with Gasteiger partial charge in [0.25, 0.3) is 5.91 Å². The SMILES string of the molecule is Cc1cn2nc([C@@H]3CCCCN3C(=O)c3cn[nH]c3Cl)cc2nc1N1CC[C@H](N)C1. The maximum atomic E-state index is 13.1. The normalized spacial score (nSPS) is 22.2. The van der Waals surface area contributed by atoms with Crippen LogP contribution in [0.15, 0.2) is 18.5 Å². The first-order valence-electron chi connectivity index (χ1n) is 10.4. The van der Waals surface area contributed by atoms with E-state index in [-0.39, 0.29) is 23.1 Å². The van der Waals surface area contributed by atoms with Crippen molar-refractivity contribution in [3.05, 3.63) is 40.4 Å². The molecule has 0 bridgehead atoms. The van der Waals surface area contributed by atoms with E-state index in [1.54, 1.807) is 0 Å². The van der Waals surface area contributed by atoms with Crippen LogP contribution in [0.25, 0.3) is 5.65 Å². The van der Waals surface area contributed by atoms with Crippen LogP contribution in [-0.2, 0) is 0 Å². The summed E-state index contributed by atoms with van der Waals surface area (Å²) in [6.07, 6.45) is 7.34. The Morgan fingerprint density at radius 1 is 1.30 bits per heavy atom. The topological polar surface area (TPSA) is 108 Å². The van der Waals surface area contributed by atoms with Crippen molar-refractivity contribution in [2.75, 3.05) is 24.5 Å². The van der Waals surface area contributed by atoms with Crippen molar-refractivity contribution in [2.45, 2.75) is 44.7 Å². The summed E-state index contributed by atoms with van der Waals surface area (Å²) in [5.41, 5.74) is 9.18. The summed E-state index contributed by atoms with van der Waals surface area (Å²) in [7, 11) is 0. The summed E-state index contributed by atoms with van der Waals surface area (Å²) in [5.74, 6) is 0.843. The molecule has 2 saturated heterocycles. The first kappa shape index (κ1) is 19.3. The summed E-state index contributed by atoms with van der Waals surface area (Å²) in [6, 6.07) is 2.08. The van der Waals surface area contributed by atoms with Crippen molar-refractivity contribution in [3.8, 4) is 0 Å². The Labute approximate surface area is 179 Å². The molecule has 1 amide bonds. The van der Waals surface area contributed by atoms with Gasteiger partial charge in [0.15, 0.2) is 5.65 Å². The summed E-state index contributed by atoms with van der Waals surface area (Å²) in [4.78, 5) is 22.1. The van der Waals surface area contributed by atoms with Crippen LogP contribution in [0.3, 0.4) is 0 Å². The highest BCUT2D eigenvalue weighted by molar-refractivity contribution is 6.32. The molecule has 2 aliphatic heterocycles. The number of halogens is 1. The third-order valence-electron chi connectivity index (χ3n) is 6.08. The molecule has 0 aromatic carbocycles. The van der Waals surface area contributed by atoms with Gasteiger partial charge in [0.1, 0.15) is 11.0 Å². The van der Waals surface area contributed by atoms with Crippen molar-refractivity contribution in [1.82, 2.24) is 29.7 Å². The first-order valence-corrected chi connectivity index (χ1v) is 10.8. The van der Waals surface area contributed by atoms with E-state index in [0.717, 1.165) is 61.5 Å². The molecule has 5 heterocycles. The van der Waals surface area contributed by atoms with E-state index in [1.165, 1.54) is 6.20 Å². The Morgan fingerprint density at radius 2 is 2.17 bits per heavy atom. The van der Waals surface area contributed by atoms with E-state index in [2.05, 4.69) is 15.1 Å². The lowest BCUT2D eigenvalue weighted by Crippen LogP contribution is -2.38. The van der Waals surface area contributed by atoms with Crippen LogP contribution >= 0.6 is 11.6 Å². The molecule has 2 aliphatic rings. The molecule has 2 atom stereocenters. The summed E-state index contributed by atoms with van der Waals surface area (Å²) >= 11 is 6.11. The number of hydrogen-bond donors (Lipinski definition) is 2. The molecular weight excluding hydrogens is 404 g/mol. The fourth-order valence-electron chi connectivity index (χ4n) is 4.54. The predicted molar refractivity (Wildman–Crippen MR) is 114 cm³/mol. The van der Waals surface area contributed by atoms with Crippen LogP contribution in [0.1, 0.15) is 53.3 Å². The van der Waals surface area contributed by atoms with Gasteiger partial charge in [-0.1, -0.05) is 11.6 Å². The number of aryl methyl sites for hydroxylation is 1. The monoisotopic (exact) mass is 428 g/mol. The average molecular weight is 429 g/mol. The number of H-pyrrole nitrogens is 1. The Kier molecular flexibility index (Phi) is 4.86. The van der Waals surface area contributed by atoms with Crippen LogP contribution < -0.4 is 10.6 Å². The lowest BCUT2D eigenvalue weighted by molar-refractivity contribution is 0.0606. The number of carbonyl (C=O) groups excluding carboxylic acids is 1. The van der Waals surface area contributed by atoms with E-state index >= 15 is 0 Å². The molecule has 0 spiro atoms. The third-order valence-corrected chi connectivity index (χ3v) is 6.36. The average Bonchev–Trinajstić information content (AvgIpc) is 3.46. The second-order valence-corrected chi connectivity index (χ2v) is 8.60. The van der Waals surface area contributed by atoms with Crippen LogP contribution in [0.5, 0.6) is 0 Å². The fourth-order valence-corrected chi connectivity index (χ4v) is 4.72. The summed E-state index contributed by atoms with van der Waals surface area (Å²) < 4.78 is 1.81. The van der Waals surface area contributed by atoms with Gasteiger partial charge in [-0.05, 0) is 32.6 Å². The number of aromatic nitrogens is 5. The molecule has 5 rings (SSSR count). The molecular formula is C20H25ClN8O. The summed E-state index contributed by atoms with van der Waals surface area (Å²) in [5, 5.41) is 11.6. The molecule has 0 radical (unpaired) electrons. The number of aromatic amines is 1. The quantitative estimate of drug-likeness (QED) is 0.662. The predicted octanol–water partition coefficient (Wildman–Crippen LogP) is 2.32. The van der Waals surface area contributed by atoms with Gasteiger partial charge in [-0.2, -0.15) is 10.2 Å².